The van der Waals surface area contributed by atoms with Gasteiger partial charge in [0.1, 0.15) is 0 Å². The van der Waals surface area contributed by atoms with Crippen molar-refractivity contribution in [2.24, 2.45) is 5.92 Å². The van der Waals surface area contributed by atoms with E-state index in [2.05, 4.69) is 31.3 Å². The number of carboxylic acids is 1. The van der Waals surface area contributed by atoms with Crippen molar-refractivity contribution in [1.29, 1.82) is 0 Å². The lowest BCUT2D eigenvalue weighted by Gasteiger charge is -2.29. The van der Waals surface area contributed by atoms with E-state index < -0.39 is 5.97 Å². The Morgan fingerprint density at radius 2 is 1.87 bits per heavy atom. The number of anilines is 1. The summed E-state index contributed by atoms with van der Waals surface area (Å²) in [5.74, 6) is -0.511. The van der Waals surface area contributed by atoms with Crippen LogP contribution in [-0.4, -0.2) is 41.5 Å². The zero-order valence-electron chi connectivity index (χ0n) is 13.9. The summed E-state index contributed by atoms with van der Waals surface area (Å²) in [7, 11) is 0. The smallest absolute Gasteiger partial charge is 0.306 e. The highest BCUT2D eigenvalue weighted by Gasteiger charge is 2.25. The van der Waals surface area contributed by atoms with Crippen LogP contribution in [0.3, 0.4) is 0 Å². The van der Waals surface area contributed by atoms with Gasteiger partial charge in [0.25, 0.3) is 0 Å². The zero-order valence-corrected chi connectivity index (χ0v) is 13.9. The van der Waals surface area contributed by atoms with Crippen LogP contribution in [0, 0.1) is 5.92 Å². The molecule has 1 aromatic rings. The van der Waals surface area contributed by atoms with Crippen LogP contribution in [0.2, 0.25) is 0 Å². The quantitative estimate of drug-likeness (QED) is 0.846. The van der Waals surface area contributed by atoms with Gasteiger partial charge in [-0.05, 0) is 56.0 Å². The maximum atomic E-state index is 12.1. The molecule has 23 heavy (non-hydrogen) atoms. The maximum absolute atomic E-state index is 12.1. The van der Waals surface area contributed by atoms with Gasteiger partial charge in [-0.15, -0.1) is 0 Å². The third kappa shape index (κ3) is 5.06. The molecule has 0 aliphatic carbocycles. The van der Waals surface area contributed by atoms with Crippen LogP contribution in [0.4, 0.5) is 5.69 Å². The van der Waals surface area contributed by atoms with Crippen LogP contribution < -0.4 is 5.32 Å². The number of carbonyl (C=O) groups is 2. The Morgan fingerprint density at radius 1 is 1.26 bits per heavy atom. The fraction of sp³-hybridized carbons (Fsp3) is 0.556. The molecule has 126 valence electrons. The number of nitrogens with one attached hydrogen (secondary N) is 1. The lowest BCUT2D eigenvalue weighted by Crippen LogP contribution is -2.40. The number of piperidine rings is 1. The highest BCUT2D eigenvalue weighted by atomic mass is 16.4. The molecular formula is C18H26N2O3. The minimum atomic E-state index is -0.726. The van der Waals surface area contributed by atoms with Gasteiger partial charge in [0.2, 0.25) is 5.91 Å². The summed E-state index contributed by atoms with van der Waals surface area (Å²) in [5.41, 5.74) is 2.09. The first kappa shape index (κ1) is 17.5. The summed E-state index contributed by atoms with van der Waals surface area (Å²) in [6.45, 7) is 6.00. The van der Waals surface area contributed by atoms with Gasteiger partial charge < -0.3 is 10.4 Å². The largest absolute Gasteiger partial charge is 0.481 e. The number of amides is 1. The lowest BCUT2D eigenvalue weighted by molar-refractivity contribution is -0.143. The molecule has 1 aliphatic heterocycles. The molecule has 1 aromatic carbocycles. The first-order chi connectivity index (χ1) is 11.0. The van der Waals surface area contributed by atoms with E-state index in [4.69, 9.17) is 5.11 Å². The predicted molar refractivity (Wildman–Crippen MR) is 90.6 cm³/mol. The number of rotatable bonds is 6. The molecule has 0 saturated carbocycles. The number of benzene rings is 1. The van der Waals surface area contributed by atoms with Crippen molar-refractivity contribution in [1.82, 2.24) is 4.90 Å². The summed E-state index contributed by atoms with van der Waals surface area (Å²) in [5, 5.41) is 11.9. The highest BCUT2D eigenvalue weighted by Crippen LogP contribution is 2.21. The normalized spacial score (nSPS) is 17.7. The Morgan fingerprint density at radius 3 is 2.39 bits per heavy atom. The average Bonchev–Trinajstić information content (AvgIpc) is 2.55. The monoisotopic (exact) mass is 318 g/mol. The van der Waals surface area contributed by atoms with Gasteiger partial charge in [-0.2, -0.15) is 0 Å². The molecule has 1 fully saturated rings. The zero-order chi connectivity index (χ0) is 16.8. The van der Waals surface area contributed by atoms with Crippen molar-refractivity contribution < 1.29 is 14.7 Å². The number of aliphatic carboxylic acids is 1. The Labute approximate surface area is 137 Å². The summed E-state index contributed by atoms with van der Waals surface area (Å²) in [6, 6.07) is 8.00. The van der Waals surface area contributed by atoms with Gasteiger partial charge in [0.05, 0.1) is 12.5 Å². The van der Waals surface area contributed by atoms with Crippen molar-refractivity contribution in [3.8, 4) is 0 Å². The van der Waals surface area contributed by atoms with Gasteiger partial charge in [0, 0.05) is 5.69 Å². The molecule has 1 unspecified atom stereocenters. The molecule has 0 aromatic heterocycles. The third-order valence-electron chi connectivity index (χ3n) is 4.68. The molecule has 1 atom stereocenters. The Kier molecular flexibility index (Phi) is 6.16. The fourth-order valence-electron chi connectivity index (χ4n) is 2.87. The van der Waals surface area contributed by atoms with Crippen molar-refractivity contribution in [2.75, 3.05) is 25.0 Å². The maximum Gasteiger partial charge on any atom is 0.306 e. The van der Waals surface area contributed by atoms with Crippen LogP contribution >= 0.6 is 0 Å². The Balaban J connectivity index is 1.80. The van der Waals surface area contributed by atoms with E-state index >= 15 is 0 Å². The van der Waals surface area contributed by atoms with Crippen molar-refractivity contribution >= 4 is 17.6 Å². The number of hydrogen-bond acceptors (Lipinski definition) is 3. The summed E-state index contributed by atoms with van der Waals surface area (Å²) < 4.78 is 0. The van der Waals surface area contributed by atoms with Crippen LogP contribution in [-0.2, 0) is 9.59 Å². The minimum absolute atomic E-state index is 0.0462. The number of hydrogen-bond donors (Lipinski definition) is 2. The number of likely N-dealkylation sites (tertiary alicyclic amines) is 1. The van der Waals surface area contributed by atoms with Crippen LogP contribution in [0.5, 0.6) is 0 Å². The average molecular weight is 318 g/mol. The van der Waals surface area contributed by atoms with Crippen molar-refractivity contribution in [3.05, 3.63) is 29.8 Å². The molecule has 1 saturated heterocycles. The SMILES string of the molecule is CCC(C)c1ccc(NC(=O)CN2CCC(C(=O)O)CC2)cc1. The molecule has 5 nitrogen and oxygen atoms in total. The minimum Gasteiger partial charge on any atom is -0.481 e. The number of carboxylic acid groups (broad SMARTS) is 1. The van der Waals surface area contributed by atoms with Gasteiger partial charge in [-0.3, -0.25) is 14.5 Å². The molecule has 0 radical (unpaired) electrons. The molecule has 1 heterocycles. The van der Waals surface area contributed by atoms with Gasteiger partial charge in [0.15, 0.2) is 0 Å². The van der Waals surface area contributed by atoms with Gasteiger partial charge in [-0.1, -0.05) is 26.0 Å². The molecule has 5 heteroatoms. The van der Waals surface area contributed by atoms with E-state index in [0.29, 0.717) is 38.4 Å². The van der Waals surface area contributed by atoms with Crippen molar-refractivity contribution in [2.45, 2.75) is 39.0 Å². The fourth-order valence-corrected chi connectivity index (χ4v) is 2.87. The Hall–Kier alpha value is -1.88. The molecule has 0 bridgehead atoms. The number of nitrogens with zero attached hydrogens (tertiary/aromatic N) is 1. The first-order valence-corrected chi connectivity index (χ1v) is 8.34. The Bertz CT molecular complexity index is 534. The number of carbonyl (C=O) groups excluding carboxylic acids is 1. The van der Waals surface area contributed by atoms with Crippen LogP contribution in [0.1, 0.15) is 44.6 Å². The summed E-state index contributed by atoms with van der Waals surface area (Å²) in [6.07, 6.45) is 2.33. The standard InChI is InChI=1S/C18H26N2O3/c1-3-13(2)14-4-6-16(7-5-14)19-17(21)12-20-10-8-15(9-11-20)18(22)23/h4-7,13,15H,3,8-12H2,1-2H3,(H,19,21)(H,22,23). The second-order valence-corrected chi connectivity index (χ2v) is 6.37. The van der Waals surface area contributed by atoms with E-state index in [1.165, 1.54) is 5.56 Å². The van der Waals surface area contributed by atoms with Gasteiger partial charge in [-0.25, -0.2) is 0 Å². The molecule has 2 N–H and O–H groups in total. The lowest BCUT2D eigenvalue weighted by atomic mass is 9.97. The summed E-state index contributed by atoms with van der Waals surface area (Å²) >= 11 is 0. The second kappa shape index (κ2) is 8.11. The molecular weight excluding hydrogens is 292 g/mol. The van der Waals surface area contributed by atoms with Crippen LogP contribution in [0.25, 0.3) is 0 Å². The highest BCUT2D eigenvalue weighted by molar-refractivity contribution is 5.92. The third-order valence-corrected chi connectivity index (χ3v) is 4.68. The molecule has 1 aliphatic rings. The van der Waals surface area contributed by atoms with E-state index in [9.17, 15) is 9.59 Å². The predicted octanol–water partition coefficient (Wildman–Crippen LogP) is 2.94. The van der Waals surface area contributed by atoms with E-state index in [1.807, 2.05) is 17.0 Å². The molecule has 1 amide bonds. The summed E-state index contributed by atoms with van der Waals surface area (Å²) in [4.78, 5) is 25.0. The second-order valence-electron chi connectivity index (χ2n) is 6.37. The van der Waals surface area contributed by atoms with E-state index in [-0.39, 0.29) is 11.8 Å². The van der Waals surface area contributed by atoms with Crippen molar-refractivity contribution in [3.63, 3.8) is 0 Å². The first-order valence-electron chi connectivity index (χ1n) is 8.34. The van der Waals surface area contributed by atoms with E-state index in [1.54, 1.807) is 0 Å². The molecule has 0 spiro atoms. The van der Waals surface area contributed by atoms with Gasteiger partial charge >= 0.3 is 5.97 Å². The van der Waals surface area contributed by atoms with E-state index in [0.717, 1.165) is 12.1 Å². The molecule has 2 rings (SSSR count). The van der Waals surface area contributed by atoms with Crippen LogP contribution in [0.15, 0.2) is 24.3 Å². The topological polar surface area (TPSA) is 69.6 Å².